The second-order valence-electron chi connectivity index (χ2n) is 5.63. The van der Waals surface area contributed by atoms with Crippen LogP contribution in [0.3, 0.4) is 0 Å². The van der Waals surface area contributed by atoms with Gasteiger partial charge >= 0.3 is 0 Å². The molecule has 1 aliphatic heterocycles. The monoisotopic (exact) mass is 288 g/mol. The van der Waals surface area contributed by atoms with Crippen molar-refractivity contribution >= 4 is 16.7 Å². The summed E-state index contributed by atoms with van der Waals surface area (Å²) in [4.78, 5) is 8.55. The standard InChI is InChI=1S/C16H12N6/c1-4-15-11(5-6-22(15)12-2-3-12)7-10(1)13-8-14(18-9-17-13)16-19-21-20-16/h1,4-9,12H,2-3H2. The minimum Gasteiger partial charge on any atom is -0.344 e. The van der Waals surface area contributed by atoms with Gasteiger partial charge in [0.05, 0.1) is 5.69 Å². The number of hydrogen-bond acceptors (Lipinski definition) is 5. The van der Waals surface area contributed by atoms with Gasteiger partial charge in [0.15, 0.2) is 0 Å². The van der Waals surface area contributed by atoms with Crippen LogP contribution in [0.2, 0.25) is 0 Å². The second kappa shape index (κ2) is 4.30. The van der Waals surface area contributed by atoms with E-state index in [1.807, 2.05) is 6.07 Å². The molecule has 6 nitrogen and oxygen atoms in total. The lowest BCUT2D eigenvalue weighted by molar-refractivity contribution is 0.776. The third kappa shape index (κ3) is 1.77. The first-order chi connectivity index (χ1) is 10.9. The van der Waals surface area contributed by atoms with Crippen molar-refractivity contribution in [1.29, 1.82) is 0 Å². The predicted octanol–water partition coefficient (Wildman–Crippen LogP) is 3.56. The molecular weight excluding hydrogens is 276 g/mol. The van der Waals surface area contributed by atoms with Crippen LogP contribution < -0.4 is 0 Å². The van der Waals surface area contributed by atoms with Crippen molar-refractivity contribution in [2.45, 2.75) is 18.9 Å². The molecule has 2 aromatic heterocycles. The molecule has 106 valence electrons. The fourth-order valence-corrected chi connectivity index (χ4v) is 2.82. The van der Waals surface area contributed by atoms with E-state index in [0.29, 0.717) is 17.6 Å². The fraction of sp³-hybridized carbons (Fsp3) is 0.188. The molecule has 0 amide bonds. The van der Waals surface area contributed by atoms with Gasteiger partial charge in [-0.2, -0.15) is 0 Å². The van der Waals surface area contributed by atoms with E-state index in [4.69, 9.17) is 0 Å². The van der Waals surface area contributed by atoms with Crippen LogP contribution in [0.15, 0.2) is 58.3 Å². The largest absolute Gasteiger partial charge is 0.344 e. The van der Waals surface area contributed by atoms with Gasteiger partial charge in [-0.3, -0.25) is 0 Å². The van der Waals surface area contributed by atoms with E-state index in [-0.39, 0.29) is 0 Å². The highest BCUT2D eigenvalue weighted by molar-refractivity contribution is 5.99. The first-order valence-corrected chi connectivity index (χ1v) is 7.30. The van der Waals surface area contributed by atoms with Crippen molar-refractivity contribution in [2.24, 2.45) is 15.4 Å². The van der Waals surface area contributed by atoms with Crippen molar-refractivity contribution in [1.82, 2.24) is 14.5 Å². The highest BCUT2D eigenvalue weighted by Crippen LogP contribution is 2.38. The van der Waals surface area contributed by atoms with E-state index in [9.17, 15) is 0 Å². The van der Waals surface area contributed by atoms with Crippen molar-refractivity contribution < 1.29 is 0 Å². The van der Waals surface area contributed by atoms with Crippen molar-refractivity contribution in [3.05, 3.63) is 48.5 Å². The molecule has 0 bridgehead atoms. The molecule has 3 heterocycles. The molecule has 5 rings (SSSR count). The topological polar surface area (TPSA) is 67.8 Å². The summed E-state index contributed by atoms with van der Waals surface area (Å²) in [6, 6.07) is 11.2. The third-order valence-electron chi connectivity index (χ3n) is 4.13. The Kier molecular flexibility index (Phi) is 2.29. The van der Waals surface area contributed by atoms with Gasteiger partial charge in [0.25, 0.3) is 0 Å². The molecule has 1 aliphatic carbocycles. The SMILES string of the molecule is c1nc(C2=NN=N2)cc(-c2ccc3c(ccn3C3CC3)c2)n1. The maximum atomic E-state index is 4.37. The average molecular weight is 288 g/mol. The van der Waals surface area contributed by atoms with Crippen molar-refractivity contribution in [2.75, 3.05) is 0 Å². The Labute approximate surface area is 126 Å². The zero-order chi connectivity index (χ0) is 14.5. The highest BCUT2D eigenvalue weighted by atomic mass is 15.5. The molecule has 0 atom stereocenters. The molecule has 1 aromatic carbocycles. The molecule has 1 fully saturated rings. The van der Waals surface area contributed by atoms with Crippen molar-refractivity contribution in [3.8, 4) is 11.3 Å². The van der Waals surface area contributed by atoms with Crippen molar-refractivity contribution in [3.63, 3.8) is 0 Å². The number of nitrogens with zero attached hydrogens (tertiary/aromatic N) is 6. The predicted molar refractivity (Wildman–Crippen MR) is 82.6 cm³/mol. The smallest absolute Gasteiger partial charge is 0.225 e. The summed E-state index contributed by atoms with van der Waals surface area (Å²) in [7, 11) is 0. The summed E-state index contributed by atoms with van der Waals surface area (Å²) in [5, 5.41) is 12.4. The van der Waals surface area contributed by atoms with Crippen LogP contribution in [0, 0.1) is 0 Å². The summed E-state index contributed by atoms with van der Waals surface area (Å²) in [5.74, 6) is 0.560. The van der Waals surface area contributed by atoms with Gasteiger partial charge in [0, 0.05) is 28.7 Å². The first kappa shape index (κ1) is 11.7. The van der Waals surface area contributed by atoms with E-state index in [0.717, 1.165) is 11.3 Å². The number of rotatable bonds is 3. The molecule has 2 aliphatic rings. The van der Waals surface area contributed by atoms with E-state index >= 15 is 0 Å². The molecule has 0 radical (unpaired) electrons. The summed E-state index contributed by atoms with van der Waals surface area (Å²) in [6.07, 6.45) is 6.30. The van der Waals surface area contributed by atoms with E-state index in [2.05, 4.69) is 60.4 Å². The number of benzene rings is 1. The molecule has 0 N–H and O–H groups in total. The van der Waals surface area contributed by atoms with Crippen LogP contribution in [0.4, 0.5) is 0 Å². The van der Waals surface area contributed by atoms with Gasteiger partial charge in [0.2, 0.25) is 5.84 Å². The lowest BCUT2D eigenvalue weighted by Crippen LogP contribution is -2.04. The van der Waals surface area contributed by atoms with Gasteiger partial charge in [-0.05, 0) is 42.3 Å². The zero-order valence-corrected chi connectivity index (χ0v) is 11.7. The summed E-state index contributed by atoms with van der Waals surface area (Å²) in [6.45, 7) is 0. The first-order valence-electron chi connectivity index (χ1n) is 7.30. The van der Waals surface area contributed by atoms with Crippen LogP contribution in [-0.2, 0) is 0 Å². The number of aromatic nitrogens is 3. The Hall–Kier alpha value is -2.89. The number of amidine groups is 1. The molecule has 0 unspecified atom stereocenters. The van der Waals surface area contributed by atoms with Crippen LogP contribution in [0.5, 0.6) is 0 Å². The molecule has 6 heteroatoms. The van der Waals surface area contributed by atoms with Crippen LogP contribution in [-0.4, -0.2) is 20.4 Å². The highest BCUT2D eigenvalue weighted by Gasteiger charge is 2.24. The Bertz CT molecular complexity index is 948. The lowest BCUT2D eigenvalue weighted by atomic mass is 10.1. The fourth-order valence-electron chi connectivity index (χ4n) is 2.82. The van der Waals surface area contributed by atoms with Gasteiger partial charge in [-0.25, -0.2) is 9.97 Å². The average Bonchev–Trinajstić information content (AvgIpc) is 3.25. The van der Waals surface area contributed by atoms with Gasteiger partial charge in [0.1, 0.15) is 12.0 Å². The Morgan fingerprint density at radius 3 is 2.64 bits per heavy atom. The zero-order valence-electron chi connectivity index (χ0n) is 11.7. The summed E-state index contributed by atoms with van der Waals surface area (Å²) >= 11 is 0. The van der Waals surface area contributed by atoms with E-state index in [1.165, 1.54) is 23.7 Å². The molecular formula is C16H12N6. The molecule has 0 saturated heterocycles. The summed E-state index contributed by atoms with van der Waals surface area (Å²) in [5.41, 5.74) is 3.94. The molecule has 1 saturated carbocycles. The van der Waals surface area contributed by atoms with Gasteiger partial charge in [-0.1, -0.05) is 6.07 Å². The van der Waals surface area contributed by atoms with Gasteiger partial charge in [-0.15, -0.1) is 10.2 Å². The summed E-state index contributed by atoms with van der Waals surface area (Å²) < 4.78 is 2.37. The van der Waals surface area contributed by atoms with Crippen LogP contribution >= 0.6 is 0 Å². The van der Waals surface area contributed by atoms with Crippen LogP contribution in [0.25, 0.3) is 22.2 Å². The minimum atomic E-state index is 0.560. The lowest BCUT2D eigenvalue weighted by Gasteiger charge is -2.06. The minimum absolute atomic E-state index is 0.560. The Morgan fingerprint density at radius 2 is 1.86 bits per heavy atom. The number of fused-ring (bicyclic) bond motifs is 1. The second-order valence-corrected chi connectivity index (χ2v) is 5.63. The quantitative estimate of drug-likeness (QED) is 0.739. The Morgan fingerprint density at radius 1 is 1.00 bits per heavy atom. The van der Waals surface area contributed by atoms with E-state index in [1.54, 1.807) is 6.33 Å². The third-order valence-corrected chi connectivity index (χ3v) is 4.13. The van der Waals surface area contributed by atoms with E-state index < -0.39 is 0 Å². The maximum absolute atomic E-state index is 4.37. The van der Waals surface area contributed by atoms with Crippen LogP contribution in [0.1, 0.15) is 24.6 Å². The number of hydrogen-bond donors (Lipinski definition) is 0. The molecule has 3 aromatic rings. The Balaban J connectivity index is 1.58. The maximum Gasteiger partial charge on any atom is 0.225 e. The van der Waals surface area contributed by atoms with Gasteiger partial charge < -0.3 is 4.57 Å². The molecule has 0 spiro atoms. The molecule has 22 heavy (non-hydrogen) atoms. The normalized spacial score (nSPS) is 16.6.